The summed E-state index contributed by atoms with van der Waals surface area (Å²) in [6.07, 6.45) is 3.95. The highest BCUT2D eigenvalue weighted by atomic mass is 79.9. The second-order valence-corrected chi connectivity index (χ2v) is 8.76. The normalized spacial score (nSPS) is 14.8. The van der Waals surface area contributed by atoms with Gasteiger partial charge in [-0.05, 0) is 30.7 Å². The number of rotatable bonds is 5. The number of sulfone groups is 1. The minimum absolute atomic E-state index is 0.00280. The SMILES string of the molecule is CS(=O)(=O)c1ccc(Oc2cc(Br)ccc2CN2CCCC2=O)cn1. The van der Waals surface area contributed by atoms with Crippen molar-refractivity contribution >= 4 is 31.7 Å². The van der Waals surface area contributed by atoms with Gasteiger partial charge >= 0.3 is 0 Å². The van der Waals surface area contributed by atoms with Crippen LogP contribution in [-0.2, 0) is 21.2 Å². The Balaban J connectivity index is 1.84. The summed E-state index contributed by atoms with van der Waals surface area (Å²) in [5.74, 6) is 1.18. The smallest absolute Gasteiger partial charge is 0.222 e. The lowest BCUT2D eigenvalue weighted by Crippen LogP contribution is -2.24. The summed E-state index contributed by atoms with van der Waals surface area (Å²) < 4.78 is 29.7. The largest absolute Gasteiger partial charge is 0.455 e. The molecule has 2 aromatic rings. The predicted octanol–water partition coefficient (Wildman–Crippen LogP) is 3.16. The van der Waals surface area contributed by atoms with Gasteiger partial charge < -0.3 is 9.64 Å². The Kier molecular flexibility index (Phi) is 5.10. The molecule has 0 atom stereocenters. The molecule has 1 aliphatic rings. The molecule has 1 amide bonds. The van der Waals surface area contributed by atoms with Crippen molar-refractivity contribution in [2.24, 2.45) is 0 Å². The van der Waals surface area contributed by atoms with Crippen LogP contribution in [0.25, 0.3) is 0 Å². The third kappa shape index (κ3) is 4.38. The van der Waals surface area contributed by atoms with Gasteiger partial charge in [-0.3, -0.25) is 4.79 Å². The molecule has 1 fully saturated rings. The molecule has 6 nitrogen and oxygen atoms in total. The molecule has 1 aliphatic heterocycles. The molecular weight excluding hydrogens is 408 g/mol. The molecule has 0 radical (unpaired) electrons. The van der Waals surface area contributed by atoms with Crippen molar-refractivity contribution in [2.75, 3.05) is 12.8 Å². The molecule has 2 heterocycles. The average molecular weight is 425 g/mol. The second kappa shape index (κ2) is 7.13. The van der Waals surface area contributed by atoms with E-state index < -0.39 is 9.84 Å². The summed E-state index contributed by atoms with van der Waals surface area (Å²) >= 11 is 3.42. The zero-order valence-corrected chi connectivity index (χ0v) is 16.0. The van der Waals surface area contributed by atoms with Gasteiger partial charge in [0.05, 0.1) is 6.20 Å². The van der Waals surface area contributed by atoms with E-state index in [0.717, 1.165) is 29.3 Å². The number of hydrogen-bond donors (Lipinski definition) is 0. The Labute approximate surface area is 154 Å². The first-order valence-electron chi connectivity index (χ1n) is 7.73. The monoisotopic (exact) mass is 424 g/mol. The van der Waals surface area contributed by atoms with Crippen LogP contribution in [0.4, 0.5) is 0 Å². The lowest BCUT2D eigenvalue weighted by molar-refractivity contribution is -0.128. The molecule has 3 rings (SSSR count). The first kappa shape index (κ1) is 17.9. The van der Waals surface area contributed by atoms with Crippen LogP contribution in [0.3, 0.4) is 0 Å². The van der Waals surface area contributed by atoms with E-state index in [0.29, 0.717) is 24.5 Å². The Morgan fingerprint density at radius 3 is 2.68 bits per heavy atom. The highest BCUT2D eigenvalue weighted by molar-refractivity contribution is 9.10. The highest BCUT2D eigenvalue weighted by Gasteiger charge is 2.21. The predicted molar refractivity (Wildman–Crippen MR) is 96.2 cm³/mol. The molecule has 1 saturated heterocycles. The van der Waals surface area contributed by atoms with Gasteiger partial charge in [0.1, 0.15) is 11.5 Å². The van der Waals surface area contributed by atoms with Crippen molar-refractivity contribution in [1.29, 1.82) is 0 Å². The summed E-state index contributed by atoms with van der Waals surface area (Å²) in [6.45, 7) is 1.23. The Morgan fingerprint density at radius 2 is 2.08 bits per heavy atom. The van der Waals surface area contributed by atoms with Crippen molar-refractivity contribution < 1.29 is 17.9 Å². The van der Waals surface area contributed by atoms with Crippen molar-refractivity contribution in [3.8, 4) is 11.5 Å². The van der Waals surface area contributed by atoms with E-state index in [1.165, 1.54) is 12.3 Å². The number of ether oxygens (including phenoxy) is 1. The van der Waals surface area contributed by atoms with E-state index in [-0.39, 0.29) is 10.9 Å². The van der Waals surface area contributed by atoms with Gasteiger partial charge in [0.2, 0.25) is 5.91 Å². The molecule has 0 N–H and O–H groups in total. The fourth-order valence-electron chi connectivity index (χ4n) is 2.60. The number of aromatic nitrogens is 1. The second-order valence-electron chi connectivity index (χ2n) is 5.88. The summed E-state index contributed by atoms with van der Waals surface area (Å²) in [5.41, 5.74) is 0.880. The van der Waals surface area contributed by atoms with Crippen LogP contribution >= 0.6 is 15.9 Å². The fourth-order valence-corrected chi connectivity index (χ4v) is 3.50. The minimum atomic E-state index is -3.35. The van der Waals surface area contributed by atoms with Gasteiger partial charge in [-0.15, -0.1) is 0 Å². The maximum absolute atomic E-state index is 11.9. The molecule has 0 unspecified atom stereocenters. The maximum Gasteiger partial charge on any atom is 0.222 e. The van der Waals surface area contributed by atoms with Gasteiger partial charge in [0.15, 0.2) is 14.9 Å². The van der Waals surface area contributed by atoms with Gasteiger partial charge in [-0.2, -0.15) is 0 Å². The van der Waals surface area contributed by atoms with E-state index in [1.807, 2.05) is 18.2 Å². The van der Waals surface area contributed by atoms with Crippen LogP contribution in [0, 0.1) is 0 Å². The third-order valence-electron chi connectivity index (χ3n) is 3.88. The zero-order chi connectivity index (χ0) is 18.0. The summed E-state index contributed by atoms with van der Waals surface area (Å²) in [5, 5.41) is -0.00280. The number of likely N-dealkylation sites (tertiary alicyclic amines) is 1. The first-order chi connectivity index (χ1) is 11.8. The van der Waals surface area contributed by atoms with Gasteiger partial charge in [-0.1, -0.05) is 22.0 Å². The van der Waals surface area contributed by atoms with Crippen LogP contribution in [0.15, 0.2) is 46.0 Å². The number of carbonyl (C=O) groups excluding carboxylic acids is 1. The maximum atomic E-state index is 11.9. The van der Waals surface area contributed by atoms with Crippen LogP contribution < -0.4 is 4.74 Å². The number of nitrogens with zero attached hydrogens (tertiary/aromatic N) is 2. The molecule has 0 bridgehead atoms. The van der Waals surface area contributed by atoms with Crippen LogP contribution in [0.5, 0.6) is 11.5 Å². The molecule has 1 aromatic heterocycles. The molecule has 0 saturated carbocycles. The molecule has 25 heavy (non-hydrogen) atoms. The van der Waals surface area contributed by atoms with Gasteiger partial charge in [0, 0.05) is 35.8 Å². The number of halogens is 1. The van der Waals surface area contributed by atoms with E-state index in [2.05, 4.69) is 20.9 Å². The topological polar surface area (TPSA) is 76.6 Å². The van der Waals surface area contributed by atoms with Crippen molar-refractivity contribution in [3.05, 3.63) is 46.6 Å². The van der Waals surface area contributed by atoms with Crippen molar-refractivity contribution in [1.82, 2.24) is 9.88 Å². The molecule has 0 aliphatic carbocycles. The van der Waals surface area contributed by atoms with Crippen LogP contribution in [-0.4, -0.2) is 37.0 Å². The zero-order valence-electron chi connectivity index (χ0n) is 13.6. The minimum Gasteiger partial charge on any atom is -0.455 e. The first-order valence-corrected chi connectivity index (χ1v) is 10.4. The number of hydrogen-bond acceptors (Lipinski definition) is 5. The number of carbonyl (C=O) groups is 1. The van der Waals surface area contributed by atoms with E-state index >= 15 is 0 Å². The van der Waals surface area contributed by atoms with Gasteiger partial charge in [0.25, 0.3) is 0 Å². The van der Waals surface area contributed by atoms with Gasteiger partial charge in [-0.25, -0.2) is 13.4 Å². The Hall–Kier alpha value is -1.93. The van der Waals surface area contributed by atoms with E-state index in [1.54, 1.807) is 11.0 Å². The van der Waals surface area contributed by atoms with Crippen molar-refractivity contribution in [2.45, 2.75) is 24.4 Å². The summed E-state index contributed by atoms with van der Waals surface area (Å²) in [4.78, 5) is 17.6. The molecule has 0 spiro atoms. The molecular formula is C17H17BrN2O4S. The fraction of sp³-hybridized carbons (Fsp3) is 0.294. The number of pyridine rings is 1. The Morgan fingerprint density at radius 1 is 1.28 bits per heavy atom. The summed E-state index contributed by atoms with van der Waals surface area (Å²) in [6, 6.07) is 8.60. The van der Waals surface area contributed by atoms with Crippen molar-refractivity contribution in [3.63, 3.8) is 0 Å². The molecule has 132 valence electrons. The quantitative estimate of drug-likeness (QED) is 0.736. The highest BCUT2D eigenvalue weighted by Crippen LogP contribution is 2.30. The number of benzene rings is 1. The Bertz CT molecular complexity index is 897. The van der Waals surface area contributed by atoms with E-state index in [9.17, 15) is 13.2 Å². The average Bonchev–Trinajstić information content (AvgIpc) is 2.95. The lowest BCUT2D eigenvalue weighted by atomic mass is 10.2. The van der Waals surface area contributed by atoms with E-state index in [4.69, 9.17) is 4.74 Å². The molecule has 8 heteroatoms. The van der Waals surface area contributed by atoms with Crippen LogP contribution in [0.2, 0.25) is 0 Å². The third-order valence-corrected chi connectivity index (χ3v) is 5.37. The standard InChI is InChI=1S/C17H17BrN2O4S/c1-25(22,23)16-7-6-14(10-19-16)24-15-9-13(18)5-4-12(15)11-20-8-2-3-17(20)21/h4-7,9-10H,2-3,8,11H2,1H3. The van der Waals surface area contributed by atoms with Crippen LogP contribution in [0.1, 0.15) is 18.4 Å². The molecule has 1 aromatic carbocycles. The number of amides is 1. The summed E-state index contributed by atoms with van der Waals surface area (Å²) in [7, 11) is -3.35. The lowest BCUT2D eigenvalue weighted by Gasteiger charge is -2.18.